The zero-order valence-electron chi connectivity index (χ0n) is 15.6. The van der Waals surface area contributed by atoms with E-state index in [1.165, 1.54) is 27.5 Å². The SMILES string of the molecule is O=c1c2cccc(=O)n2cnn1Cc1nc([C@@H]2CO[C@@H](c3ccc(Cl)cc3)C2)no1. The molecule has 3 aromatic heterocycles. The minimum absolute atomic E-state index is 0.0111. The van der Waals surface area contributed by atoms with E-state index in [9.17, 15) is 9.59 Å². The van der Waals surface area contributed by atoms with Gasteiger partial charge in [-0.1, -0.05) is 35.0 Å². The van der Waals surface area contributed by atoms with Gasteiger partial charge in [-0.15, -0.1) is 0 Å². The lowest BCUT2D eigenvalue weighted by molar-refractivity contribution is 0.110. The molecular formula is C20H16ClN5O4. The van der Waals surface area contributed by atoms with Crippen LogP contribution in [0, 0.1) is 0 Å². The van der Waals surface area contributed by atoms with Crippen molar-refractivity contribution in [3.63, 3.8) is 0 Å². The number of benzene rings is 1. The Morgan fingerprint density at radius 2 is 1.97 bits per heavy atom. The van der Waals surface area contributed by atoms with Gasteiger partial charge in [-0.3, -0.25) is 14.0 Å². The van der Waals surface area contributed by atoms with E-state index < -0.39 is 5.56 Å². The topological polar surface area (TPSA) is 105 Å². The molecule has 0 aliphatic carbocycles. The molecule has 4 aromatic rings. The molecule has 0 unspecified atom stereocenters. The molecule has 30 heavy (non-hydrogen) atoms. The molecule has 9 nitrogen and oxygen atoms in total. The minimum Gasteiger partial charge on any atom is -0.373 e. The van der Waals surface area contributed by atoms with Gasteiger partial charge >= 0.3 is 0 Å². The second-order valence-electron chi connectivity index (χ2n) is 7.07. The maximum absolute atomic E-state index is 12.6. The second kappa shape index (κ2) is 7.51. The Labute approximate surface area is 174 Å². The van der Waals surface area contributed by atoms with Crippen LogP contribution in [0.4, 0.5) is 0 Å². The summed E-state index contributed by atoms with van der Waals surface area (Å²) in [4.78, 5) is 28.8. The molecule has 1 aliphatic heterocycles. The predicted octanol–water partition coefficient (Wildman–Crippen LogP) is 2.19. The van der Waals surface area contributed by atoms with Gasteiger partial charge in [0.25, 0.3) is 11.1 Å². The number of hydrogen-bond acceptors (Lipinski definition) is 7. The third-order valence-corrected chi connectivity index (χ3v) is 5.37. The standard InChI is InChI=1S/C20H16ClN5O4/c21-14-6-4-12(5-7-14)16-8-13(10-29-16)19-23-17(30-24-19)9-26-20(28)15-2-1-3-18(27)25(15)11-22-26/h1-7,11,13,16H,8-10H2/t13-,16+/m0/s1. The first-order chi connectivity index (χ1) is 14.6. The molecule has 1 aromatic carbocycles. The summed E-state index contributed by atoms with van der Waals surface area (Å²) in [5, 5.41) is 8.77. The Morgan fingerprint density at radius 3 is 2.80 bits per heavy atom. The Bertz CT molecular complexity index is 1330. The molecular weight excluding hydrogens is 410 g/mol. The largest absolute Gasteiger partial charge is 0.373 e. The predicted molar refractivity (Wildman–Crippen MR) is 107 cm³/mol. The van der Waals surface area contributed by atoms with Crippen LogP contribution in [0.3, 0.4) is 0 Å². The zero-order chi connectivity index (χ0) is 20.7. The molecule has 1 fully saturated rings. The van der Waals surface area contributed by atoms with Crippen LogP contribution in [0.2, 0.25) is 5.02 Å². The number of fused-ring (bicyclic) bond motifs is 1. The van der Waals surface area contributed by atoms with Gasteiger partial charge in [0.2, 0.25) is 5.89 Å². The van der Waals surface area contributed by atoms with Gasteiger partial charge in [0, 0.05) is 17.0 Å². The summed E-state index contributed by atoms with van der Waals surface area (Å²) >= 11 is 5.94. The van der Waals surface area contributed by atoms with Gasteiger partial charge in [0.1, 0.15) is 18.4 Å². The van der Waals surface area contributed by atoms with Crippen molar-refractivity contribution in [2.75, 3.05) is 6.61 Å². The Hall–Kier alpha value is -3.30. The van der Waals surface area contributed by atoms with Gasteiger partial charge in [-0.25, -0.2) is 4.68 Å². The summed E-state index contributed by atoms with van der Waals surface area (Å²) in [6.45, 7) is 0.489. The Morgan fingerprint density at radius 1 is 1.13 bits per heavy atom. The number of rotatable bonds is 4. The highest BCUT2D eigenvalue weighted by Crippen LogP contribution is 2.37. The molecule has 1 aliphatic rings. The van der Waals surface area contributed by atoms with E-state index in [4.69, 9.17) is 20.9 Å². The van der Waals surface area contributed by atoms with Crippen molar-refractivity contribution in [2.45, 2.75) is 25.0 Å². The van der Waals surface area contributed by atoms with E-state index in [2.05, 4.69) is 15.2 Å². The highest BCUT2D eigenvalue weighted by Gasteiger charge is 2.31. The average molecular weight is 426 g/mol. The average Bonchev–Trinajstić information content (AvgIpc) is 3.41. The molecule has 10 heteroatoms. The molecule has 0 radical (unpaired) electrons. The summed E-state index contributed by atoms with van der Waals surface area (Å²) in [6, 6.07) is 12.0. The molecule has 0 N–H and O–H groups in total. The van der Waals surface area contributed by atoms with Gasteiger partial charge in [0.15, 0.2) is 5.82 Å². The molecule has 5 rings (SSSR count). The molecule has 4 heterocycles. The van der Waals surface area contributed by atoms with Crippen LogP contribution in [-0.2, 0) is 11.3 Å². The lowest BCUT2D eigenvalue weighted by atomic mass is 10.0. The fourth-order valence-electron chi connectivity index (χ4n) is 3.55. The first-order valence-electron chi connectivity index (χ1n) is 9.35. The maximum Gasteiger partial charge on any atom is 0.291 e. The Balaban J connectivity index is 1.33. The normalized spacial score (nSPS) is 18.8. The van der Waals surface area contributed by atoms with E-state index in [1.807, 2.05) is 24.3 Å². The van der Waals surface area contributed by atoms with E-state index in [0.29, 0.717) is 17.5 Å². The number of ether oxygens (including phenoxy) is 1. The molecule has 0 spiro atoms. The smallest absolute Gasteiger partial charge is 0.291 e. The van der Waals surface area contributed by atoms with Crippen LogP contribution in [0.1, 0.15) is 35.7 Å². The lowest BCUT2D eigenvalue weighted by Gasteiger charge is -2.09. The summed E-state index contributed by atoms with van der Waals surface area (Å²) in [7, 11) is 0. The van der Waals surface area contributed by atoms with Gasteiger partial charge in [0.05, 0.1) is 12.7 Å². The van der Waals surface area contributed by atoms with Crippen molar-refractivity contribution in [1.29, 1.82) is 0 Å². The van der Waals surface area contributed by atoms with Crippen LogP contribution < -0.4 is 11.1 Å². The number of hydrogen-bond donors (Lipinski definition) is 0. The number of aromatic nitrogens is 5. The molecule has 0 bridgehead atoms. The fraction of sp³-hybridized carbons (Fsp3) is 0.250. The van der Waals surface area contributed by atoms with E-state index in [-0.39, 0.29) is 35.5 Å². The monoisotopic (exact) mass is 425 g/mol. The fourth-order valence-corrected chi connectivity index (χ4v) is 3.67. The number of nitrogens with zero attached hydrogens (tertiary/aromatic N) is 5. The first-order valence-corrected chi connectivity index (χ1v) is 9.73. The van der Waals surface area contributed by atoms with Crippen molar-refractivity contribution >= 4 is 17.1 Å². The maximum atomic E-state index is 12.6. The Kier molecular flexibility index (Phi) is 4.68. The van der Waals surface area contributed by atoms with Gasteiger partial charge < -0.3 is 9.26 Å². The van der Waals surface area contributed by atoms with Crippen molar-refractivity contribution in [3.05, 3.63) is 91.8 Å². The third kappa shape index (κ3) is 3.42. The van der Waals surface area contributed by atoms with Crippen molar-refractivity contribution in [1.82, 2.24) is 24.3 Å². The zero-order valence-corrected chi connectivity index (χ0v) is 16.4. The van der Waals surface area contributed by atoms with Crippen molar-refractivity contribution in [2.24, 2.45) is 0 Å². The third-order valence-electron chi connectivity index (χ3n) is 5.12. The van der Waals surface area contributed by atoms with Crippen LogP contribution >= 0.6 is 11.6 Å². The van der Waals surface area contributed by atoms with E-state index in [0.717, 1.165) is 12.0 Å². The van der Waals surface area contributed by atoms with Crippen LogP contribution in [0.15, 0.2) is 62.9 Å². The molecule has 0 amide bonds. The van der Waals surface area contributed by atoms with Crippen LogP contribution in [0.5, 0.6) is 0 Å². The quantitative estimate of drug-likeness (QED) is 0.493. The summed E-state index contributed by atoms with van der Waals surface area (Å²) in [5.74, 6) is 0.784. The van der Waals surface area contributed by atoms with E-state index >= 15 is 0 Å². The lowest BCUT2D eigenvalue weighted by Crippen LogP contribution is -2.29. The van der Waals surface area contributed by atoms with Gasteiger partial charge in [-0.05, 0) is 30.2 Å². The van der Waals surface area contributed by atoms with Gasteiger partial charge in [-0.2, -0.15) is 10.1 Å². The summed E-state index contributed by atoms with van der Waals surface area (Å²) in [6.07, 6.45) is 1.97. The highest BCUT2D eigenvalue weighted by atomic mass is 35.5. The number of pyridine rings is 1. The van der Waals surface area contributed by atoms with Crippen LogP contribution in [0.25, 0.3) is 5.52 Å². The second-order valence-corrected chi connectivity index (χ2v) is 7.50. The summed E-state index contributed by atoms with van der Waals surface area (Å²) in [5.41, 5.74) is 0.544. The number of halogens is 1. The van der Waals surface area contributed by atoms with E-state index in [1.54, 1.807) is 6.07 Å². The summed E-state index contributed by atoms with van der Waals surface area (Å²) < 4.78 is 13.6. The van der Waals surface area contributed by atoms with Crippen molar-refractivity contribution in [3.8, 4) is 0 Å². The first kappa shape index (κ1) is 18.7. The minimum atomic E-state index is -0.415. The molecule has 152 valence electrons. The molecule has 0 saturated carbocycles. The van der Waals surface area contributed by atoms with Crippen LogP contribution in [-0.4, -0.2) is 30.9 Å². The molecule has 1 saturated heterocycles. The molecule has 2 atom stereocenters. The highest BCUT2D eigenvalue weighted by molar-refractivity contribution is 6.30. The van der Waals surface area contributed by atoms with Crippen molar-refractivity contribution < 1.29 is 9.26 Å².